The molecule has 2 aromatic carbocycles. The molecule has 0 atom stereocenters. The fourth-order valence-corrected chi connectivity index (χ4v) is 3.24. The molecule has 3 aromatic rings. The van der Waals surface area contributed by atoms with Gasteiger partial charge < -0.3 is 0 Å². The first kappa shape index (κ1) is 18.0. The van der Waals surface area contributed by atoms with Gasteiger partial charge in [-0.1, -0.05) is 50.2 Å². The van der Waals surface area contributed by atoms with E-state index in [1.54, 1.807) is 24.3 Å². The Balaban J connectivity index is 1.71. The Labute approximate surface area is 156 Å². The summed E-state index contributed by atoms with van der Waals surface area (Å²) in [5, 5.41) is 5.29. The molecule has 0 aliphatic heterocycles. The van der Waals surface area contributed by atoms with Crippen molar-refractivity contribution in [2.75, 3.05) is 5.32 Å². The molecule has 1 aromatic heterocycles. The Morgan fingerprint density at radius 3 is 2.15 bits per heavy atom. The molecule has 1 amide bonds. The predicted molar refractivity (Wildman–Crippen MR) is 106 cm³/mol. The summed E-state index contributed by atoms with van der Waals surface area (Å²) in [6.45, 7) is 5.82. The molecule has 0 aliphatic rings. The number of rotatable bonds is 5. The molecule has 0 radical (unpaired) electrons. The minimum absolute atomic E-state index is 0.0231. The SMILES string of the molecule is CC(=O)c1ccc(C(=O)Nc2nc(-c3ccc(C(C)C)cc3)cs2)cc1. The number of amides is 1. The highest BCUT2D eigenvalue weighted by atomic mass is 32.1. The number of Topliss-reactive ketones (excluding diaryl/α,β-unsaturated/α-hetero) is 1. The fourth-order valence-electron chi connectivity index (χ4n) is 2.53. The molecule has 1 heterocycles. The highest BCUT2D eigenvalue weighted by molar-refractivity contribution is 7.14. The Morgan fingerprint density at radius 2 is 1.58 bits per heavy atom. The third-order valence-electron chi connectivity index (χ3n) is 4.15. The van der Waals surface area contributed by atoms with Crippen LogP contribution in [0.3, 0.4) is 0 Å². The molecule has 0 spiro atoms. The van der Waals surface area contributed by atoms with E-state index in [1.165, 1.54) is 23.8 Å². The van der Waals surface area contributed by atoms with Gasteiger partial charge in [0.15, 0.2) is 10.9 Å². The lowest BCUT2D eigenvalue weighted by Gasteiger charge is -2.05. The van der Waals surface area contributed by atoms with Crippen molar-refractivity contribution >= 4 is 28.2 Å². The van der Waals surface area contributed by atoms with Crippen LogP contribution in [0.25, 0.3) is 11.3 Å². The van der Waals surface area contributed by atoms with Crippen molar-refractivity contribution in [3.8, 4) is 11.3 Å². The van der Waals surface area contributed by atoms with Crippen LogP contribution < -0.4 is 5.32 Å². The van der Waals surface area contributed by atoms with Crippen molar-refractivity contribution < 1.29 is 9.59 Å². The number of ketones is 1. The van der Waals surface area contributed by atoms with Gasteiger partial charge in [0.2, 0.25) is 0 Å². The number of thiazole rings is 1. The number of anilines is 1. The van der Waals surface area contributed by atoms with Gasteiger partial charge in [-0.2, -0.15) is 0 Å². The number of nitrogens with one attached hydrogen (secondary N) is 1. The van der Waals surface area contributed by atoms with Gasteiger partial charge >= 0.3 is 0 Å². The quantitative estimate of drug-likeness (QED) is 0.618. The van der Waals surface area contributed by atoms with Crippen LogP contribution in [-0.2, 0) is 0 Å². The number of aromatic nitrogens is 1. The smallest absolute Gasteiger partial charge is 0.257 e. The van der Waals surface area contributed by atoms with Crippen molar-refractivity contribution in [2.24, 2.45) is 0 Å². The van der Waals surface area contributed by atoms with Gasteiger partial charge in [-0.3, -0.25) is 14.9 Å². The highest BCUT2D eigenvalue weighted by Crippen LogP contribution is 2.26. The van der Waals surface area contributed by atoms with Crippen LogP contribution in [0.2, 0.25) is 0 Å². The van der Waals surface area contributed by atoms with Crippen LogP contribution in [0.15, 0.2) is 53.9 Å². The molecule has 0 fully saturated rings. The topological polar surface area (TPSA) is 59.1 Å². The van der Waals surface area contributed by atoms with Gasteiger partial charge in [0, 0.05) is 22.1 Å². The number of benzene rings is 2. The summed E-state index contributed by atoms with van der Waals surface area (Å²) in [6.07, 6.45) is 0. The van der Waals surface area contributed by atoms with Crippen molar-refractivity contribution in [3.05, 3.63) is 70.6 Å². The monoisotopic (exact) mass is 364 g/mol. The third-order valence-corrected chi connectivity index (χ3v) is 4.91. The molecule has 3 rings (SSSR count). The van der Waals surface area contributed by atoms with Gasteiger partial charge in [0.1, 0.15) is 0 Å². The van der Waals surface area contributed by atoms with E-state index in [9.17, 15) is 9.59 Å². The summed E-state index contributed by atoms with van der Waals surface area (Å²) in [6, 6.07) is 14.9. The van der Waals surface area contributed by atoms with Gasteiger partial charge in [-0.15, -0.1) is 11.3 Å². The number of carbonyl (C=O) groups excluding carboxylic acids is 2. The summed E-state index contributed by atoms with van der Waals surface area (Å²) in [5.74, 6) is 0.227. The zero-order valence-electron chi connectivity index (χ0n) is 14.9. The molecule has 1 N–H and O–H groups in total. The lowest BCUT2D eigenvalue weighted by molar-refractivity contribution is 0.100. The van der Waals surface area contributed by atoms with Gasteiger partial charge in [-0.25, -0.2) is 4.98 Å². The second-order valence-corrected chi connectivity index (χ2v) is 7.26. The Kier molecular flexibility index (Phi) is 5.28. The molecular weight excluding hydrogens is 344 g/mol. The lowest BCUT2D eigenvalue weighted by atomic mass is 10.0. The van der Waals surface area contributed by atoms with Gasteiger partial charge in [0.05, 0.1) is 5.69 Å². The summed E-state index contributed by atoms with van der Waals surface area (Å²) in [4.78, 5) is 28.1. The summed E-state index contributed by atoms with van der Waals surface area (Å²) in [7, 11) is 0. The second-order valence-electron chi connectivity index (χ2n) is 6.40. The summed E-state index contributed by atoms with van der Waals surface area (Å²) in [5.41, 5.74) is 4.23. The molecule has 132 valence electrons. The predicted octanol–water partition coefficient (Wildman–Crippen LogP) is 5.39. The van der Waals surface area contributed by atoms with Crippen LogP contribution in [0.5, 0.6) is 0 Å². The van der Waals surface area contributed by atoms with Gasteiger partial charge in [0.25, 0.3) is 5.91 Å². The van der Waals surface area contributed by atoms with E-state index in [-0.39, 0.29) is 11.7 Å². The second kappa shape index (κ2) is 7.62. The maximum atomic E-state index is 12.3. The fraction of sp³-hybridized carbons (Fsp3) is 0.190. The van der Waals surface area contributed by atoms with Crippen LogP contribution >= 0.6 is 11.3 Å². The molecule has 4 nitrogen and oxygen atoms in total. The Hall–Kier alpha value is -2.79. The summed E-state index contributed by atoms with van der Waals surface area (Å²) < 4.78 is 0. The maximum absolute atomic E-state index is 12.3. The van der Waals surface area contributed by atoms with E-state index in [0.717, 1.165) is 11.3 Å². The van der Waals surface area contributed by atoms with E-state index < -0.39 is 0 Å². The average molecular weight is 364 g/mol. The van der Waals surface area contributed by atoms with Crippen molar-refractivity contribution in [3.63, 3.8) is 0 Å². The molecule has 0 aliphatic carbocycles. The number of hydrogen-bond acceptors (Lipinski definition) is 4. The minimum atomic E-state index is -0.240. The Bertz CT molecular complexity index is 925. The third kappa shape index (κ3) is 4.06. The number of carbonyl (C=O) groups is 2. The van der Waals surface area contributed by atoms with Crippen LogP contribution in [0.1, 0.15) is 53.0 Å². The molecule has 0 saturated carbocycles. The highest BCUT2D eigenvalue weighted by Gasteiger charge is 2.11. The van der Waals surface area contributed by atoms with Crippen LogP contribution in [0, 0.1) is 0 Å². The zero-order chi connectivity index (χ0) is 18.7. The first-order chi connectivity index (χ1) is 12.4. The van der Waals surface area contributed by atoms with E-state index >= 15 is 0 Å². The first-order valence-corrected chi connectivity index (χ1v) is 9.30. The molecular formula is C21H20N2O2S. The molecule has 0 bridgehead atoms. The van der Waals surface area contributed by atoms with E-state index in [0.29, 0.717) is 22.2 Å². The first-order valence-electron chi connectivity index (χ1n) is 8.42. The maximum Gasteiger partial charge on any atom is 0.257 e. The lowest BCUT2D eigenvalue weighted by Crippen LogP contribution is -2.11. The zero-order valence-corrected chi connectivity index (χ0v) is 15.8. The van der Waals surface area contributed by atoms with E-state index in [4.69, 9.17) is 0 Å². The number of nitrogens with zero attached hydrogens (tertiary/aromatic N) is 1. The standard InChI is InChI=1S/C21H20N2O2S/c1-13(2)15-4-8-17(9-5-15)19-12-26-21(22-19)23-20(25)18-10-6-16(7-11-18)14(3)24/h4-13H,1-3H3,(H,22,23,25). The van der Waals surface area contributed by atoms with E-state index in [1.807, 2.05) is 5.38 Å². The molecule has 5 heteroatoms. The normalized spacial score (nSPS) is 10.8. The molecule has 0 saturated heterocycles. The van der Waals surface area contributed by atoms with E-state index in [2.05, 4.69) is 48.4 Å². The van der Waals surface area contributed by atoms with Crippen molar-refractivity contribution in [1.82, 2.24) is 4.98 Å². The average Bonchev–Trinajstić information content (AvgIpc) is 3.10. The van der Waals surface area contributed by atoms with Crippen molar-refractivity contribution in [1.29, 1.82) is 0 Å². The van der Waals surface area contributed by atoms with Crippen LogP contribution in [0.4, 0.5) is 5.13 Å². The summed E-state index contributed by atoms with van der Waals surface area (Å²) >= 11 is 1.39. The van der Waals surface area contributed by atoms with Crippen molar-refractivity contribution in [2.45, 2.75) is 26.7 Å². The molecule has 26 heavy (non-hydrogen) atoms. The number of hydrogen-bond donors (Lipinski definition) is 1. The minimum Gasteiger partial charge on any atom is -0.298 e. The Morgan fingerprint density at radius 1 is 0.962 bits per heavy atom. The van der Waals surface area contributed by atoms with Crippen LogP contribution in [-0.4, -0.2) is 16.7 Å². The van der Waals surface area contributed by atoms with Gasteiger partial charge in [-0.05, 0) is 30.5 Å². The molecule has 0 unspecified atom stereocenters. The largest absolute Gasteiger partial charge is 0.298 e.